The van der Waals surface area contributed by atoms with Crippen LogP contribution in [0.15, 0.2) is 104 Å². The fourth-order valence-electron chi connectivity index (χ4n) is 4.57. The molecule has 2 aromatic carbocycles. The van der Waals surface area contributed by atoms with Gasteiger partial charge in [-0.05, 0) is 66.3 Å². The van der Waals surface area contributed by atoms with Crippen LogP contribution in [0.4, 0.5) is 0 Å². The molecule has 164 valence electrons. The van der Waals surface area contributed by atoms with Gasteiger partial charge >= 0.3 is 0 Å². The van der Waals surface area contributed by atoms with Crippen LogP contribution in [0, 0.1) is 6.92 Å². The van der Waals surface area contributed by atoms with Crippen molar-refractivity contribution in [2.45, 2.75) is 19.8 Å². The molecule has 6 rings (SSSR count). The van der Waals surface area contributed by atoms with Gasteiger partial charge in [0.05, 0.1) is 11.0 Å². The second-order valence-electron chi connectivity index (χ2n) is 8.75. The topological polar surface area (TPSA) is 43.6 Å². The van der Waals surface area contributed by atoms with Crippen molar-refractivity contribution in [3.05, 3.63) is 132 Å². The first-order chi connectivity index (χ1) is 16.7. The third-order valence-electron chi connectivity index (χ3n) is 6.32. The van der Waals surface area contributed by atoms with Gasteiger partial charge in [0.25, 0.3) is 0 Å². The van der Waals surface area contributed by atoms with Crippen LogP contribution in [0.5, 0.6) is 0 Å². The molecule has 34 heavy (non-hydrogen) atoms. The van der Waals surface area contributed by atoms with Gasteiger partial charge in [-0.25, -0.2) is 4.98 Å². The summed E-state index contributed by atoms with van der Waals surface area (Å²) >= 11 is 0. The quantitative estimate of drug-likeness (QED) is 0.309. The molecule has 6 aromatic rings. The fourth-order valence-corrected chi connectivity index (χ4v) is 4.57. The molecular weight excluding hydrogens is 416 g/mol. The largest absolute Gasteiger partial charge is 0.294 e. The molecule has 0 saturated carbocycles. The lowest BCUT2D eigenvalue weighted by Crippen LogP contribution is -1.98. The van der Waals surface area contributed by atoms with Crippen molar-refractivity contribution in [1.29, 1.82) is 0 Å². The van der Waals surface area contributed by atoms with E-state index in [9.17, 15) is 0 Å². The number of rotatable bonds is 5. The molecule has 0 bridgehead atoms. The van der Waals surface area contributed by atoms with Crippen LogP contribution in [0.1, 0.15) is 27.9 Å². The number of benzene rings is 2. The highest BCUT2D eigenvalue weighted by molar-refractivity contribution is 6.08. The summed E-state index contributed by atoms with van der Waals surface area (Å²) < 4.78 is 2.21. The van der Waals surface area contributed by atoms with Crippen molar-refractivity contribution in [3.8, 4) is 5.82 Å². The van der Waals surface area contributed by atoms with Crippen LogP contribution >= 0.6 is 0 Å². The zero-order chi connectivity index (χ0) is 22.9. The van der Waals surface area contributed by atoms with E-state index in [0.717, 1.165) is 40.8 Å². The Bertz CT molecular complexity index is 1530. The maximum atomic E-state index is 4.83. The van der Waals surface area contributed by atoms with Crippen LogP contribution < -0.4 is 0 Å². The van der Waals surface area contributed by atoms with E-state index in [1.807, 2.05) is 31.7 Å². The Morgan fingerprint density at radius 1 is 0.588 bits per heavy atom. The van der Waals surface area contributed by atoms with E-state index in [0.29, 0.717) is 0 Å². The van der Waals surface area contributed by atoms with Gasteiger partial charge < -0.3 is 0 Å². The van der Waals surface area contributed by atoms with Crippen molar-refractivity contribution in [2.24, 2.45) is 0 Å². The lowest BCUT2D eigenvalue weighted by Gasteiger charge is -2.09. The Labute approximate surface area is 198 Å². The van der Waals surface area contributed by atoms with E-state index in [-0.39, 0.29) is 0 Å². The van der Waals surface area contributed by atoms with Crippen LogP contribution in [0.25, 0.3) is 27.6 Å². The molecular formula is C30H24N4. The predicted molar refractivity (Wildman–Crippen MR) is 137 cm³/mol. The number of hydrogen-bond acceptors (Lipinski definition) is 3. The molecule has 4 aromatic heterocycles. The Balaban J connectivity index is 1.23. The lowest BCUT2D eigenvalue weighted by molar-refractivity contribution is 1.05. The highest BCUT2D eigenvalue weighted by atomic mass is 15.1. The maximum Gasteiger partial charge on any atom is 0.137 e. The first kappa shape index (κ1) is 20.3. The molecule has 4 heterocycles. The number of fused-ring (bicyclic) bond motifs is 3. The third-order valence-corrected chi connectivity index (χ3v) is 6.32. The van der Waals surface area contributed by atoms with Crippen molar-refractivity contribution in [1.82, 2.24) is 19.5 Å². The number of aryl methyl sites for hydroxylation is 1. The summed E-state index contributed by atoms with van der Waals surface area (Å²) in [6.07, 6.45) is 9.48. The second kappa shape index (κ2) is 8.56. The van der Waals surface area contributed by atoms with Gasteiger partial charge in [-0.2, -0.15) is 0 Å². The van der Waals surface area contributed by atoms with Crippen molar-refractivity contribution < 1.29 is 0 Å². The molecule has 0 radical (unpaired) electrons. The highest BCUT2D eigenvalue weighted by Crippen LogP contribution is 2.30. The summed E-state index contributed by atoms with van der Waals surface area (Å²) in [5.41, 5.74) is 8.32. The van der Waals surface area contributed by atoms with E-state index in [4.69, 9.17) is 4.98 Å². The van der Waals surface area contributed by atoms with Crippen LogP contribution in [0.2, 0.25) is 0 Å². The van der Waals surface area contributed by atoms with Gasteiger partial charge in [0.2, 0.25) is 0 Å². The Morgan fingerprint density at radius 2 is 1.24 bits per heavy atom. The van der Waals surface area contributed by atoms with Crippen LogP contribution in [-0.2, 0) is 12.8 Å². The molecule has 0 aliphatic rings. The highest BCUT2D eigenvalue weighted by Gasteiger charge is 2.12. The summed E-state index contributed by atoms with van der Waals surface area (Å²) in [7, 11) is 0. The summed E-state index contributed by atoms with van der Waals surface area (Å²) in [6.45, 7) is 2.01. The summed E-state index contributed by atoms with van der Waals surface area (Å²) in [6, 6.07) is 27.8. The maximum absolute atomic E-state index is 4.83. The van der Waals surface area contributed by atoms with Gasteiger partial charge in [0, 0.05) is 41.3 Å². The van der Waals surface area contributed by atoms with Crippen molar-refractivity contribution in [3.63, 3.8) is 0 Å². The van der Waals surface area contributed by atoms with E-state index in [2.05, 4.69) is 93.4 Å². The molecule has 0 N–H and O–H groups in total. The first-order valence-corrected chi connectivity index (χ1v) is 11.5. The lowest BCUT2D eigenvalue weighted by atomic mass is 10.0. The van der Waals surface area contributed by atoms with Crippen LogP contribution in [0.3, 0.4) is 0 Å². The smallest absolute Gasteiger partial charge is 0.137 e. The zero-order valence-electron chi connectivity index (χ0n) is 19.0. The Hall–Kier alpha value is -4.31. The Kier molecular flexibility index (Phi) is 5.11. The average molecular weight is 441 g/mol. The number of nitrogens with zero attached hydrogens (tertiary/aromatic N) is 4. The molecule has 0 atom stereocenters. The van der Waals surface area contributed by atoms with E-state index >= 15 is 0 Å². The second-order valence-corrected chi connectivity index (χ2v) is 8.75. The normalized spacial score (nSPS) is 11.3. The summed E-state index contributed by atoms with van der Waals surface area (Å²) in [5.74, 6) is 0.920. The molecule has 4 heteroatoms. The minimum atomic E-state index is 0.858. The molecule has 4 nitrogen and oxygen atoms in total. The van der Waals surface area contributed by atoms with E-state index in [1.54, 1.807) is 0 Å². The van der Waals surface area contributed by atoms with Crippen molar-refractivity contribution >= 4 is 21.8 Å². The molecule has 0 amide bonds. The number of aromatic nitrogens is 4. The minimum Gasteiger partial charge on any atom is -0.294 e. The van der Waals surface area contributed by atoms with Gasteiger partial charge in [0.15, 0.2) is 0 Å². The number of hydrogen-bond donors (Lipinski definition) is 0. The van der Waals surface area contributed by atoms with Gasteiger partial charge in [-0.3, -0.25) is 14.5 Å². The molecule has 0 aliphatic heterocycles. The standard InChI is InChI=1S/C30H24N4/c1-21-6-7-24(18-32-21)16-22-8-10-23(11-9-22)17-25-12-13-30(33-19-25)34-28-5-3-2-4-26(28)27-20-31-15-14-29(27)34/h2-15,18-20H,16-17H2,1H3. The van der Waals surface area contributed by atoms with Crippen LogP contribution in [-0.4, -0.2) is 19.5 Å². The average Bonchev–Trinajstić information content (AvgIpc) is 3.22. The first-order valence-electron chi connectivity index (χ1n) is 11.5. The molecule has 0 saturated heterocycles. The van der Waals surface area contributed by atoms with Gasteiger partial charge in [0.1, 0.15) is 5.82 Å². The number of para-hydroxylation sites is 1. The fraction of sp³-hybridized carbons (Fsp3) is 0.100. The van der Waals surface area contributed by atoms with Crippen molar-refractivity contribution in [2.75, 3.05) is 0 Å². The molecule has 0 spiro atoms. The minimum absolute atomic E-state index is 0.858. The Morgan fingerprint density at radius 3 is 1.91 bits per heavy atom. The molecule has 0 fully saturated rings. The van der Waals surface area contributed by atoms with Gasteiger partial charge in [-0.1, -0.05) is 54.6 Å². The third kappa shape index (κ3) is 3.84. The molecule has 0 aliphatic carbocycles. The number of pyridine rings is 3. The molecule has 0 unspecified atom stereocenters. The van der Waals surface area contributed by atoms with E-state index in [1.165, 1.54) is 27.6 Å². The SMILES string of the molecule is Cc1ccc(Cc2ccc(Cc3ccc(-n4c5ccccc5c5cnccc54)nc3)cc2)cn1. The predicted octanol–water partition coefficient (Wildman–Crippen LogP) is 6.46. The van der Waals surface area contributed by atoms with Gasteiger partial charge in [-0.15, -0.1) is 0 Å². The monoisotopic (exact) mass is 440 g/mol. The van der Waals surface area contributed by atoms with E-state index < -0.39 is 0 Å². The summed E-state index contributed by atoms with van der Waals surface area (Å²) in [4.78, 5) is 13.6. The zero-order valence-corrected chi connectivity index (χ0v) is 19.0. The summed E-state index contributed by atoms with van der Waals surface area (Å²) in [5, 5.41) is 2.34.